The van der Waals surface area contributed by atoms with E-state index in [1.165, 1.54) is 12.8 Å². The van der Waals surface area contributed by atoms with Gasteiger partial charge in [0.05, 0.1) is 12.7 Å². The van der Waals surface area contributed by atoms with E-state index in [0.717, 1.165) is 24.2 Å². The number of hydrogen-bond donors (Lipinski definition) is 1. The summed E-state index contributed by atoms with van der Waals surface area (Å²) in [5.41, 5.74) is 3.27. The summed E-state index contributed by atoms with van der Waals surface area (Å²) in [5, 5.41) is 9.84. The quantitative estimate of drug-likeness (QED) is 0.611. The van der Waals surface area contributed by atoms with Gasteiger partial charge < -0.3 is 14.7 Å². The van der Waals surface area contributed by atoms with Crippen LogP contribution in [0, 0.1) is 0 Å². The molecule has 0 aliphatic heterocycles. The zero-order valence-corrected chi connectivity index (χ0v) is 14.3. The maximum absolute atomic E-state index is 11.0. The molecule has 0 saturated heterocycles. The molecule has 0 saturated carbocycles. The van der Waals surface area contributed by atoms with Crippen molar-refractivity contribution in [3.05, 3.63) is 53.1 Å². The number of hydrogen-bond acceptors (Lipinski definition) is 4. The highest BCUT2D eigenvalue weighted by Crippen LogP contribution is 2.31. The number of carbonyl (C=O) groups is 1. The Hall–Kier alpha value is -2.75. The lowest BCUT2D eigenvalue weighted by Crippen LogP contribution is -2.21. The molecule has 0 aliphatic rings. The first kappa shape index (κ1) is 17.6. The number of anilines is 1. The Morgan fingerprint density at radius 3 is 2.21 bits per heavy atom. The summed E-state index contributed by atoms with van der Waals surface area (Å²) in [5.74, 6) is 0.157. The van der Waals surface area contributed by atoms with Crippen molar-refractivity contribution in [1.29, 1.82) is 0 Å². The van der Waals surface area contributed by atoms with E-state index in [0.29, 0.717) is 6.29 Å². The van der Waals surface area contributed by atoms with E-state index in [2.05, 4.69) is 43.0 Å². The summed E-state index contributed by atoms with van der Waals surface area (Å²) in [7, 11) is 1.46. The number of carbonyl (C=O) groups excluding carboxylic acids is 1. The third-order valence-electron chi connectivity index (χ3n) is 3.96. The van der Waals surface area contributed by atoms with Gasteiger partial charge in [0.25, 0.3) is 0 Å². The second-order valence-electron chi connectivity index (χ2n) is 5.38. The number of benzene rings is 2. The van der Waals surface area contributed by atoms with Gasteiger partial charge in [-0.2, -0.15) is 0 Å². The molecule has 0 aliphatic carbocycles. The largest absolute Gasteiger partial charge is 0.504 e. The maximum Gasteiger partial charge on any atom is 0.168 e. The zero-order chi connectivity index (χ0) is 17.5. The summed E-state index contributed by atoms with van der Waals surface area (Å²) >= 11 is 0. The summed E-state index contributed by atoms with van der Waals surface area (Å²) < 4.78 is 5.10. The molecular weight excluding hydrogens is 302 g/mol. The molecule has 0 radical (unpaired) electrons. The number of methoxy groups -OCH3 is 1. The first-order chi connectivity index (χ1) is 11.6. The third kappa shape index (κ3) is 3.96. The molecule has 0 bridgehead atoms. The van der Waals surface area contributed by atoms with Gasteiger partial charge >= 0.3 is 0 Å². The Morgan fingerprint density at radius 1 is 1.04 bits per heavy atom. The molecule has 2 aromatic carbocycles. The minimum atomic E-state index is -0.131. The van der Waals surface area contributed by atoms with E-state index < -0.39 is 0 Å². The van der Waals surface area contributed by atoms with Crippen LogP contribution in [0.1, 0.15) is 35.3 Å². The minimum absolute atomic E-state index is 0.131. The summed E-state index contributed by atoms with van der Waals surface area (Å²) in [6.45, 7) is 6.24. The van der Waals surface area contributed by atoms with Crippen molar-refractivity contribution in [2.45, 2.75) is 13.8 Å². The fourth-order valence-electron chi connectivity index (χ4n) is 2.57. The Labute approximate surface area is 143 Å². The molecule has 0 atom stereocenters. The van der Waals surface area contributed by atoms with Gasteiger partial charge in [0.2, 0.25) is 0 Å². The number of rotatable bonds is 7. The van der Waals surface area contributed by atoms with Gasteiger partial charge in [0.15, 0.2) is 17.8 Å². The first-order valence-electron chi connectivity index (χ1n) is 8.02. The molecule has 2 rings (SSSR count). The van der Waals surface area contributed by atoms with Crippen LogP contribution in [0.5, 0.6) is 11.5 Å². The average Bonchev–Trinajstić information content (AvgIpc) is 2.62. The molecule has 4 nitrogen and oxygen atoms in total. The average molecular weight is 325 g/mol. The van der Waals surface area contributed by atoms with Gasteiger partial charge in [-0.1, -0.05) is 24.3 Å². The predicted molar refractivity (Wildman–Crippen MR) is 99.0 cm³/mol. The van der Waals surface area contributed by atoms with Gasteiger partial charge in [0, 0.05) is 18.8 Å². The van der Waals surface area contributed by atoms with E-state index in [-0.39, 0.29) is 17.1 Å². The number of nitrogens with zero attached hydrogens (tertiary/aromatic N) is 1. The van der Waals surface area contributed by atoms with E-state index in [1.54, 1.807) is 12.1 Å². The van der Waals surface area contributed by atoms with Crippen molar-refractivity contribution in [3.63, 3.8) is 0 Å². The minimum Gasteiger partial charge on any atom is -0.504 e. The lowest BCUT2D eigenvalue weighted by molar-refractivity contribution is 0.112. The molecule has 126 valence electrons. The fourth-order valence-corrected chi connectivity index (χ4v) is 2.57. The van der Waals surface area contributed by atoms with Crippen LogP contribution in [0.3, 0.4) is 0 Å². The van der Waals surface area contributed by atoms with E-state index in [9.17, 15) is 9.90 Å². The Bertz CT molecular complexity index is 716. The number of ether oxygens (including phenoxy) is 1. The van der Waals surface area contributed by atoms with E-state index in [4.69, 9.17) is 4.74 Å². The molecule has 0 heterocycles. The molecule has 0 aromatic heterocycles. The van der Waals surface area contributed by atoms with Gasteiger partial charge in [-0.3, -0.25) is 4.79 Å². The predicted octanol–water partition coefficient (Wildman–Crippen LogP) is 4.23. The zero-order valence-electron chi connectivity index (χ0n) is 14.3. The number of aromatic hydroxyl groups is 1. The molecule has 0 fully saturated rings. The van der Waals surface area contributed by atoms with Crippen LogP contribution in [0.15, 0.2) is 36.4 Å². The van der Waals surface area contributed by atoms with Crippen LogP contribution in [0.2, 0.25) is 0 Å². The van der Waals surface area contributed by atoms with E-state index in [1.807, 2.05) is 12.2 Å². The molecule has 4 heteroatoms. The Kier molecular flexibility index (Phi) is 6.01. The molecule has 0 spiro atoms. The summed E-state index contributed by atoms with van der Waals surface area (Å²) in [6, 6.07) is 11.6. The fraction of sp³-hybridized carbons (Fsp3) is 0.250. The maximum atomic E-state index is 11.0. The SMILES string of the molecule is CCN(CC)c1ccc(/C=C/c2cc(C=O)c(O)c(OC)c2)cc1. The normalized spacial score (nSPS) is 10.8. The van der Waals surface area contributed by atoms with Gasteiger partial charge in [-0.15, -0.1) is 0 Å². The second-order valence-corrected chi connectivity index (χ2v) is 5.38. The van der Waals surface area contributed by atoms with E-state index >= 15 is 0 Å². The van der Waals surface area contributed by atoms with Gasteiger partial charge in [0.1, 0.15) is 0 Å². The molecular formula is C20H23NO3. The number of phenolic OH excluding ortho intramolecular Hbond substituents is 1. The van der Waals surface area contributed by atoms with Crippen molar-refractivity contribution in [2.24, 2.45) is 0 Å². The number of phenols is 1. The summed E-state index contributed by atoms with van der Waals surface area (Å²) in [6.07, 6.45) is 4.47. The number of aldehydes is 1. The molecule has 2 aromatic rings. The van der Waals surface area contributed by atoms with Crippen LogP contribution in [-0.4, -0.2) is 31.6 Å². The highest BCUT2D eigenvalue weighted by atomic mass is 16.5. The lowest BCUT2D eigenvalue weighted by Gasteiger charge is -2.20. The molecule has 24 heavy (non-hydrogen) atoms. The first-order valence-corrected chi connectivity index (χ1v) is 8.02. The topological polar surface area (TPSA) is 49.8 Å². The van der Waals surface area contributed by atoms with Crippen LogP contribution in [0.4, 0.5) is 5.69 Å². The third-order valence-corrected chi connectivity index (χ3v) is 3.96. The van der Waals surface area contributed by atoms with Crippen LogP contribution < -0.4 is 9.64 Å². The van der Waals surface area contributed by atoms with Crippen LogP contribution in [0.25, 0.3) is 12.2 Å². The van der Waals surface area contributed by atoms with Crippen LogP contribution >= 0.6 is 0 Å². The van der Waals surface area contributed by atoms with Crippen molar-refractivity contribution >= 4 is 24.1 Å². The smallest absolute Gasteiger partial charge is 0.168 e. The Morgan fingerprint density at radius 2 is 1.67 bits per heavy atom. The Balaban J connectivity index is 2.23. The second kappa shape index (κ2) is 8.20. The molecule has 0 unspecified atom stereocenters. The summed E-state index contributed by atoms with van der Waals surface area (Å²) in [4.78, 5) is 13.3. The van der Waals surface area contributed by atoms with Gasteiger partial charge in [-0.25, -0.2) is 0 Å². The molecule has 1 N–H and O–H groups in total. The highest BCUT2D eigenvalue weighted by molar-refractivity contribution is 5.84. The monoisotopic (exact) mass is 325 g/mol. The van der Waals surface area contributed by atoms with Crippen molar-refractivity contribution in [1.82, 2.24) is 0 Å². The molecule has 0 amide bonds. The van der Waals surface area contributed by atoms with Gasteiger partial charge in [-0.05, 0) is 49.2 Å². The van der Waals surface area contributed by atoms with Crippen LogP contribution in [-0.2, 0) is 0 Å². The standard InChI is InChI=1S/C20H23NO3/c1-4-21(5-2)18-10-8-15(9-11-18)6-7-16-12-17(14-22)20(23)19(13-16)24-3/h6-14,23H,4-5H2,1-3H3/b7-6+. The highest BCUT2D eigenvalue weighted by Gasteiger charge is 2.08. The van der Waals surface area contributed by atoms with Crippen molar-refractivity contribution in [2.75, 3.05) is 25.1 Å². The van der Waals surface area contributed by atoms with Crippen molar-refractivity contribution < 1.29 is 14.6 Å². The van der Waals surface area contributed by atoms with Crippen molar-refractivity contribution in [3.8, 4) is 11.5 Å². The lowest BCUT2D eigenvalue weighted by atomic mass is 10.1.